The van der Waals surface area contributed by atoms with Crippen molar-refractivity contribution >= 4 is 11.9 Å². The molecule has 0 radical (unpaired) electrons. The summed E-state index contributed by atoms with van der Waals surface area (Å²) in [6.45, 7) is 2.69. The molecule has 9 heteroatoms. The Morgan fingerprint density at radius 1 is 1.06 bits per heavy atom. The van der Waals surface area contributed by atoms with Crippen molar-refractivity contribution in [2.45, 2.75) is 44.8 Å². The van der Waals surface area contributed by atoms with Crippen molar-refractivity contribution in [2.24, 2.45) is 0 Å². The van der Waals surface area contributed by atoms with Gasteiger partial charge >= 0.3 is 5.97 Å². The summed E-state index contributed by atoms with van der Waals surface area (Å²) in [5.41, 5.74) is 1.70. The van der Waals surface area contributed by atoms with Gasteiger partial charge in [-0.2, -0.15) is 0 Å². The summed E-state index contributed by atoms with van der Waals surface area (Å²) in [5, 5.41) is 0. The van der Waals surface area contributed by atoms with Crippen molar-refractivity contribution in [3.8, 4) is 5.75 Å². The van der Waals surface area contributed by atoms with E-state index in [0.29, 0.717) is 56.8 Å². The number of piperidine rings is 1. The van der Waals surface area contributed by atoms with E-state index >= 15 is 0 Å². The molecule has 1 saturated heterocycles. The first-order chi connectivity index (χ1) is 16.4. The molecule has 182 valence electrons. The average Bonchev–Trinajstić information content (AvgIpc) is 3.07. The number of amides is 1. The molecule has 34 heavy (non-hydrogen) atoms. The van der Waals surface area contributed by atoms with Crippen LogP contribution in [0.1, 0.15) is 40.9 Å². The Labute approximate surface area is 197 Å². The number of rotatable bonds is 5. The third-order valence-corrected chi connectivity index (χ3v) is 6.68. The zero-order valence-electron chi connectivity index (χ0n) is 19.6. The molecule has 2 aliphatic heterocycles. The maximum absolute atomic E-state index is 13.8. The van der Waals surface area contributed by atoms with E-state index in [1.807, 2.05) is 0 Å². The lowest BCUT2D eigenvalue weighted by atomic mass is 9.99. The summed E-state index contributed by atoms with van der Waals surface area (Å²) in [6.07, 6.45) is 2.64. The quantitative estimate of drug-likeness (QED) is 0.622. The number of ether oxygens (including phenoxy) is 2. The largest absolute Gasteiger partial charge is 0.496 e. The monoisotopic (exact) mass is 471 g/mol. The lowest BCUT2D eigenvalue weighted by Gasteiger charge is -2.34. The van der Waals surface area contributed by atoms with E-state index < -0.39 is 12.0 Å². The van der Waals surface area contributed by atoms with Crippen molar-refractivity contribution < 1.29 is 23.5 Å². The molecule has 0 spiro atoms. The molecular weight excluding hydrogens is 441 g/mol. The van der Waals surface area contributed by atoms with Crippen molar-refractivity contribution in [2.75, 3.05) is 33.9 Å². The Bertz CT molecular complexity index is 1110. The molecule has 2 aliphatic rings. The molecule has 0 bridgehead atoms. The van der Waals surface area contributed by atoms with Gasteiger partial charge in [-0.15, -0.1) is 0 Å². The lowest BCUT2D eigenvalue weighted by molar-refractivity contribution is -0.147. The summed E-state index contributed by atoms with van der Waals surface area (Å²) < 4.78 is 25.3. The maximum Gasteiger partial charge on any atom is 0.328 e. The summed E-state index contributed by atoms with van der Waals surface area (Å²) >= 11 is 0. The number of methoxy groups -OCH3 is 2. The van der Waals surface area contributed by atoms with Crippen LogP contribution in [0, 0.1) is 5.82 Å². The van der Waals surface area contributed by atoms with E-state index in [1.165, 1.54) is 32.4 Å². The van der Waals surface area contributed by atoms with E-state index in [9.17, 15) is 18.8 Å². The second kappa shape index (κ2) is 10.4. The zero-order chi connectivity index (χ0) is 24.2. The molecule has 0 saturated carbocycles. The van der Waals surface area contributed by atoms with Crippen LogP contribution in [0.5, 0.6) is 5.75 Å². The van der Waals surface area contributed by atoms with Gasteiger partial charge in [-0.25, -0.2) is 9.18 Å². The SMILES string of the molecule is COC(=O)[C@H]1CCCCN1C(=O)c1c(OC)cc(=O)n2c1CCN(Cc1ccc(F)cc1)CC2. The Balaban J connectivity index is 1.65. The predicted octanol–water partition coefficient (Wildman–Crippen LogP) is 2.22. The molecule has 1 aromatic heterocycles. The van der Waals surface area contributed by atoms with Gasteiger partial charge in [0.25, 0.3) is 11.5 Å². The molecule has 1 fully saturated rings. The van der Waals surface area contributed by atoms with Gasteiger partial charge in [0.15, 0.2) is 0 Å². The number of carbonyl (C=O) groups excluding carboxylic acids is 2. The van der Waals surface area contributed by atoms with Crippen LogP contribution in [0.25, 0.3) is 0 Å². The number of esters is 1. The van der Waals surface area contributed by atoms with Crippen molar-refractivity contribution in [3.05, 3.63) is 63.3 Å². The van der Waals surface area contributed by atoms with Crippen molar-refractivity contribution in [1.82, 2.24) is 14.4 Å². The number of aromatic nitrogens is 1. The number of nitrogens with zero attached hydrogens (tertiary/aromatic N) is 3. The summed E-state index contributed by atoms with van der Waals surface area (Å²) in [7, 11) is 2.76. The first-order valence-corrected chi connectivity index (χ1v) is 11.6. The number of pyridine rings is 1. The smallest absolute Gasteiger partial charge is 0.328 e. The third kappa shape index (κ3) is 4.84. The van der Waals surface area contributed by atoms with E-state index in [0.717, 1.165) is 18.4 Å². The summed E-state index contributed by atoms with van der Waals surface area (Å²) in [4.78, 5) is 42.8. The average molecular weight is 472 g/mol. The van der Waals surface area contributed by atoms with Gasteiger partial charge in [-0.05, 0) is 37.0 Å². The minimum Gasteiger partial charge on any atom is -0.496 e. The third-order valence-electron chi connectivity index (χ3n) is 6.68. The van der Waals surface area contributed by atoms with Gasteiger partial charge in [0.2, 0.25) is 0 Å². The van der Waals surface area contributed by atoms with Gasteiger partial charge in [-0.3, -0.25) is 14.5 Å². The Kier molecular flexibility index (Phi) is 7.31. The maximum atomic E-state index is 13.8. The van der Waals surface area contributed by atoms with Crippen LogP contribution >= 0.6 is 0 Å². The van der Waals surface area contributed by atoms with Gasteiger partial charge in [-0.1, -0.05) is 12.1 Å². The highest BCUT2D eigenvalue weighted by Crippen LogP contribution is 2.28. The van der Waals surface area contributed by atoms with Crippen LogP contribution in [0.3, 0.4) is 0 Å². The van der Waals surface area contributed by atoms with Gasteiger partial charge in [0.1, 0.15) is 23.2 Å². The molecule has 1 aromatic carbocycles. The predicted molar refractivity (Wildman–Crippen MR) is 123 cm³/mol. The van der Waals surface area contributed by atoms with Crippen LogP contribution in [0.2, 0.25) is 0 Å². The fourth-order valence-electron chi connectivity index (χ4n) is 4.89. The van der Waals surface area contributed by atoms with E-state index in [-0.39, 0.29) is 23.0 Å². The molecule has 1 atom stereocenters. The van der Waals surface area contributed by atoms with Crippen LogP contribution in [-0.2, 0) is 29.0 Å². The summed E-state index contributed by atoms with van der Waals surface area (Å²) in [6, 6.07) is 7.07. The van der Waals surface area contributed by atoms with Gasteiger partial charge < -0.3 is 18.9 Å². The lowest BCUT2D eigenvalue weighted by Crippen LogP contribution is -2.49. The Morgan fingerprint density at radius 3 is 2.53 bits per heavy atom. The second-order valence-corrected chi connectivity index (χ2v) is 8.71. The normalized spacial score (nSPS) is 18.7. The molecule has 2 aromatic rings. The highest BCUT2D eigenvalue weighted by molar-refractivity contribution is 6.00. The highest BCUT2D eigenvalue weighted by atomic mass is 19.1. The highest BCUT2D eigenvalue weighted by Gasteiger charge is 2.36. The fraction of sp³-hybridized carbons (Fsp3) is 0.480. The minimum atomic E-state index is -0.649. The zero-order valence-corrected chi connectivity index (χ0v) is 19.6. The Hall–Kier alpha value is -3.20. The molecule has 0 unspecified atom stereocenters. The first kappa shape index (κ1) is 23.9. The number of halogens is 1. The number of likely N-dealkylation sites (tertiary alicyclic amines) is 1. The second-order valence-electron chi connectivity index (χ2n) is 8.71. The molecule has 1 amide bonds. The minimum absolute atomic E-state index is 0.224. The molecular formula is C25H30FN3O5. The van der Waals surface area contributed by atoms with Crippen LogP contribution in [-0.4, -0.2) is 66.1 Å². The Morgan fingerprint density at radius 2 is 1.82 bits per heavy atom. The number of carbonyl (C=O) groups is 2. The standard InChI is InChI=1S/C25H30FN3O5/c1-33-21-15-22(30)28-14-13-27(16-17-6-8-18(26)9-7-17)12-10-19(28)23(21)24(31)29-11-4-3-5-20(29)25(32)34-2/h6-9,15,20H,3-5,10-14,16H2,1-2H3/t20-/m1/s1. The number of benzene rings is 1. The van der Waals surface area contributed by atoms with Crippen molar-refractivity contribution in [3.63, 3.8) is 0 Å². The van der Waals surface area contributed by atoms with Crippen molar-refractivity contribution in [1.29, 1.82) is 0 Å². The first-order valence-electron chi connectivity index (χ1n) is 11.6. The van der Waals surface area contributed by atoms with E-state index in [1.54, 1.807) is 21.6 Å². The van der Waals surface area contributed by atoms with Crippen LogP contribution in [0.15, 0.2) is 35.1 Å². The molecule has 0 N–H and O–H groups in total. The van der Waals surface area contributed by atoms with Crippen LogP contribution < -0.4 is 10.3 Å². The van der Waals surface area contributed by atoms with Gasteiger partial charge in [0, 0.05) is 50.9 Å². The molecule has 4 rings (SSSR count). The topological polar surface area (TPSA) is 81.1 Å². The summed E-state index contributed by atoms with van der Waals surface area (Å²) in [5.74, 6) is -0.807. The fourth-order valence-corrected chi connectivity index (χ4v) is 4.89. The molecule has 8 nitrogen and oxygen atoms in total. The number of hydrogen-bond donors (Lipinski definition) is 0. The van der Waals surface area contributed by atoms with E-state index in [2.05, 4.69) is 4.90 Å². The number of fused-ring (bicyclic) bond motifs is 1. The van der Waals surface area contributed by atoms with Gasteiger partial charge in [0.05, 0.1) is 14.2 Å². The molecule has 3 heterocycles. The van der Waals surface area contributed by atoms with Crippen LogP contribution in [0.4, 0.5) is 4.39 Å². The number of hydrogen-bond acceptors (Lipinski definition) is 6. The molecule has 0 aliphatic carbocycles. The van der Waals surface area contributed by atoms with E-state index in [4.69, 9.17) is 9.47 Å².